The molecule has 0 atom stereocenters. The first kappa shape index (κ1) is 14.8. The summed E-state index contributed by atoms with van der Waals surface area (Å²) in [7, 11) is 0. The highest BCUT2D eigenvalue weighted by atomic mass is 35.5. The average molecular weight is 266 g/mol. The molecule has 86 valence electrons. The Morgan fingerprint density at radius 3 is 2.59 bits per heavy atom. The third-order valence-corrected chi connectivity index (χ3v) is 2.74. The molecule has 17 heavy (non-hydrogen) atoms. The number of thiazole rings is 1. The summed E-state index contributed by atoms with van der Waals surface area (Å²) in [5.74, 6) is 5.02. The van der Waals surface area contributed by atoms with E-state index in [2.05, 4.69) is 23.2 Å². The van der Waals surface area contributed by atoms with Crippen LogP contribution in [-0.4, -0.2) is 11.2 Å². The van der Waals surface area contributed by atoms with E-state index in [4.69, 9.17) is 28.0 Å². The SMILES string of the molecule is C#N.C#N.NN=Cc1nc2ccc(Cl)cc2s1. The van der Waals surface area contributed by atoms with Gasteiger partial charge in [-0.1, -0.05) is 11.6 Å². The van der Waals surface area contributed by atoms with Crippen molar-refractivity contribution in [1.82, 2.24) is 4.98 Å². The van der Waals surface area contributed by atoms with Crippen LogP contribution in [0.2, 0.25) is 5.02 Å². The van der Waals surface area contributed by atoms with Crippen molar-refractivity contribution in [2.45, 2.75) is 0 Å². The van der Waals surface area contributed by atoms with E-state index in [-0.39, 0.29) is 0 Å². The fourth-order valence-electron chi connectivity index (χ4n) is 1.04. The Kier molecular flexibility index (Phi) is 7.04. The van der Waals surface area contributed by atoms with E-state index >= 15 is 0 Å². The van der Waals surface area contributed by atoms with E-state index in [1.165, 1.54) is 17.6 Å². The van der Waals surface area contributed by atoms with Gasteiger partial charge in [0.1, 0.15) is 5.01 Å². The van der Waals surface area contributed by atoms with Crippen LogP contribution >= 0.6 is 22.9 Å². The summed E-state index contributed by atoms with van der Waals surface area (Å²) in [6.45, 7) is 7.00. The minimum Gasteiger partial charge on any atom is -0.323 e. The van der Waals surface area contributed by atoms with E-state index in [1.807, 2.05) is 18.2 Å². The van der Waals surface area contributed by atoms with Crippen LogP contribution in [-0.2, 0) is 0 Å². The number of hydrogen-bond acceptors (Lipinski definition) is 6. The summed E-state index contributed by atoms with van der Waals surface area (Å²) < 4.78 is 1.04. The molecule has 0 radical (unpaired) electrons. The first-order chi connectivity index (χ1) is 8.29. The number of nitriles is 2. The predicted octanol–water partition coefficient (Wildman–Crippen LogP) is 2.52. The number of hydrogen-bond donors (Lipinski definition) is 1. The quantitative estimate of drug-likeness (QED) is 0.486. The average Bonchev–Trinajstić information content (AvgIpc) is 2.76. The third-order valence-electron chi connectivity index (χ3n) is 1.55. The molecule has 0 bridgehead atoms. The van der Waals surface area contributed by atoms with Gasteiger partial charge in [0, 0.05) is 18.2 Å². The number of nitrogens with two attached hydrogens (primary N) is 1. The Morgan fingerprint density at radius 2 is 2.00 bits per heavy atom. The molecule has 0 saturated heterocycles. The summed E-state index contributed by atoms with van der Waals surface area (Å²) in [5.41, 5.74) is 0.921. The lowest BCUT2D eigenvalue weighted by Crippen LogP contribution is -1.83. The molecule has 0 aliphatic rings. The Balaban J connectivity index is 0.000000581. The van der Waals surface area contributed by atoms with Gasteiger partial charge >= 0.3 is 0 Å². The summed E-state index contributed by atoms with van der Waals surface area (Å²) >= 11 is 7.34. The van der Waals surface area contributed by atoms with Crippen molar-refractivity contribution in [3.63, 3.8) is 0 Å². The molecule has 1 aromatic heterocycles. The zero-order valence-corrected chi connectivity index (χ0v) is 10.2. The van der Waals surface area contributed by atoms with Crippen LogP contribution in [0.4, 0.5) is 0 Å². The highest BCUT2D eigenvalue weighted by Gasteiger charge is 2.01. The van der Waals surface area contributed by atoms with Crippen molar-refractivity contribution in [3.05, 3.63) is 28.2 Å². The monoisotopic (exact) mass is 265 g/mol. The first-order valence-corrected chi connectivity index (χ1v) is 5.30. The second-order valence-electron chi connectivity index (χ2n) is 2.44. The van der Waals surface area contributed by atoms with E-state index < -0.39 is 0 Å². The number of nitrogens with zero attached hydrogens (tertiary/aromatic N) is 4. The highest BCUT2D eigenvalue weighted by Crippen LogP contribution is 2.24. The molecule has 0 aliphatic carbocycles. The second-order valence-corrected chi connectivity index (χ2v) is 3.94. The maximum atomic E-state index is 6.50. The molecule has 2 rings (SSSR count). The molecule has 0 fully saturated rings. The lowest BCUT2D eigenvalue weighted by Gasteiger charge is -1.86. The third kappa shape index (κ3) is 4.07. The van der Waals surface area contributed by atoms with Gasteiger partial charge in [0.2, 0.25) is 0 Å². The summed E-state index contributed by atoms with van der Waals surface area (Å²) in [4.78, 5) is 4.27. The van der Waals surface area contributed by atoms with Crippen molar-refractivity contribution < 1.29 is 0 Å². The van der Waals surface area contributed by atoms with Crippen molar-refractivity contribution in [2.24, 2.45) is 10.9 Å². The minimum absolute atomic E-state index is 0.715. The number of benzene rings is 1. The molecule has 2 N–H and O–H groups in total. The predicted molar refractivity (Wildman–Crippen MR) is 69.8 cm³/mol. The maximum Gasteiger partial charge on any atom is 0.137 e. The fourth-order valence-corrected chi connectivity index (χ4v) is 2.16. The molecule has 1 aromatic carbocycles. The zero-order chi connectivity index (χ0) is 13.3. The number of halogens is 1. The molecule has 5 nitrogen and oxygen atoms in total. The van der Waals surface area contributed by atoms with Gasteiger partial charge in [0.25, 0.3) is 0 Å². The minimum atomic E-state index is 0.715. The van der Waals surface area contributed by atoms with Gasteiger partial charge in [0.15, 0.2) is 0 Å². The van der Waals surface area contributed by atoms with Crippen LogP contribution in [0.25, 0.3) is 10.2 Å². The Morgan fingerprint density at radius 1 is 1.35 bits per heavy atom. The van der Waals surface area contributed by atoms with Crippen molar-refractivity contribution in [3.8, 4) is 13.1 Å². The fraction of sp³-hybridized carbons (Fsp3) is 0. The van der Waals surface area contributed by atoms with E-state index in [0.29, 0.717) is 5.02 Å². The number of aromatic nitrogens is 1. The van der Waals surface area contributed by atoms with Crippen LogP contribution in [0, 0.1) is 23.7 Å². The van der Waals surface area contributed by atoms with Crippen molar-refractivity contribution >= 4 is 39.4 Å². The topological polar surface area (TPSA) is 98.8 Å². The first-order valence-electron chi connectivity index (χ1n) is 4.10. The largest absolute Gasteiger partial charge is 0.323 e. The summed E-state index contributed by atoms with van der Waals surface area (Å²) in [6.07, 6.45) is 1.53. The van der Waals surface area contributed by atoms with Gasteiger partial charge in [-0.15, -0.1) is 11.3 Å². The molecular formula is C10H8ClN5S. The molecule has 0 spiro atoms. The van der Waals surface area contributed by atoms with Gasteiger partial charge in [-0.2, -0.15) is 5.10 Å². The zero-order valence-electron chi connectivity index (χ0n) is 8.62. The molecule has 0 unspecified atom stereocenters. The molecule has 0 aliphatic heterocycles. The van der Waals surface area contributed by atoms with E-state index in [9.17, 15) is 0 Å². The number of hydrazone groups is 1. The molecule has 0 saturated carbocycles. The van der Waals surface area contributed by atoms with Crippen molar-refractivity contribution in [2.75, 3.05) is 0 Å². The summed E-state index contributed by atoms with van der Waals surface area (Å²) in [6, 6.07) is 5.57. The lowest BCUT2D eigenvalue weighted by molar-refractivity contribution is 1.26. The van der Waals surface area contributed by atoms with E-state index in [1.54, 1.807) is 0 Å². The lowest BCUT2D eigenvalue weighted by atomic mass is 10.3. The van der Waals surface area contributed by atoms with Crippen LogP contribution < -0.4 is 5.84 Å². The van der Waals surface area contributed by atoms with Gasteiger partial charge in [-0.25, -0.2) is 15.5 Å². The van der Waals surface area contributed by atoms with Crippen LogP contribution in [0.15, 0.2) is 23.3 Å². The second kappa shape index (κ2) is 8.05. The highest BCUT2D eigenvalue weighted by molar-refractivity contribution is 7.20. The van der Waals surface area contributed by atoms with Gasteiger partial charge in [0.05, 0.1) is 16.4 Å². The molecule has 1 heterocycles. The summed E-state index contributed by atoms with van der Waals surface area (Å²) in [5, 5.41) is 17.9. The van der Waals surface area contributed by atoms with Crippen LogP contribution in [0.1, 0.15) is 5.01 Å². The Bertz CT molecular complexity index is 537. The smallest absolute Gasteiger partial charge is 0.137 e. The molecule has 0 amide bonds. The number of rotatable bonds is 1. The Hall–Kier alpha value is -2.15. The van der Waals surface area contributed by atoms with Crippen molar-refractivity contribution in [1.29, 1.82) is 10.5 Å². The van der Waals surface area contributed by atoms with E-state index in [0.717, 1.165) is 15.2 Å². The normalized spacial score (nSPS) is 9.00. The Labute approximate surface area is 107 Å². The maximum absolute atomic E-state index is 6.50. The molecule has 2 aromatic rings. The van der Waals surface area contributed by atoms with Gasteiger partial charge in [-0.05, 0) is 18.2 Å². The number of fused-ring (bicyclic) bond motifs is 1. The molecule has 7 heteroatoms. The standard InChI is InChI=1S/C8H6ClN3S.2CHN/c9-5-1-2-6-7(3-5)13-8(12-6)4-11-10;2*1-2/h1-4H,10H2;2*1H. The van der Waals surface area contributed by atoms with Gasteiger partial charge < -0.3 is 5.84 Å². The van der Waals surface area contributed by atoms with Crippen LogP contribution in [0.3, 0.4) is 0 Å². The van der Waals surface area contributed by atoms with Gasteiger partial charge in [-0.3, -0.25) is 0 Å². The van der Waals surface area contributed by atoms with Crippen LogP contribution in [0.5, 0.6) is 0 Å². The molecular weight excluding hydrogens is 258 g/mol.